The standard InChI is InChI=1S/C17H27N3O2/c1-16(2,3)13(14(21)17(4,5)6)20-15(22)11-7-10(11)12-8-18-9-19-12/h8-11,13H,7H2,1-6H3,(H,18,19)(H,20,22)/t10?,11-,13-/m1/s1. The van der Waals surface area contributed by atoms with Gasteiger partial charge in [-0.05, 0) is 11.8 Å². The Bertz CT molecular complexity index is 549. The lowest BCUT2D eigenvalue weighted by Crippen LogP contribution is -2.53. The first kappa shape index (κ1) is 16.7. The van der Waals surface area contributed by atoms with Crippen molar-refractivity contribution in [2.24, 2.45) is 16.7 Å². The number of imidazole rings is 1. The molecule has 5 nitrogen and oxygen atoms in total. The Balaban J connectivity index is 2.06. The van der Waals surface area contributed by atoms with Gasteiger partial charge >= 0.3 is 0 Å². The van der Waals surface area contributed by atoms with Gasteiger partial charge in [-0.2, -0.15) is 0 Å². The molecule has 1 heterocycles. The summed E-state index contributed by atoms with van der Waals surface area (Å²) in [5, 5.41) is 2.99. The highest BCUT2D eigenvalue weighted by atomic mass is 16.2. The molecule has 1 aliphatic carbocycles. The van der Waals surface area contributed by atoms with E-state index in [1.807, 2.05) is 47.7 Å². The lowest BCUT2D eigenvalue weighted by Gasteiger charge is -2.34. The van der Waals surface area contributed by atoms with Crippen LogP contribution in [-0.4, -0.2) is 27.7 Å². The molecule has 1 aliphatic rings. The summed E-state index contributed by atoms with van der Waals surface area (Å²) in [4.78, 5) is 32.3. The second kappa shape index (κ2) is 5.52. The van der Waals surface area contributed by atoms with Crippen molar-refractivity contribution in [1.29, 1.82) is 0 Å². The van der Waals surface area contributed by atoms with Crippen molar-refractivity contribution in [1.82, 2.24) is 15.3 Å². The third-order valence-electron chi connectivity index (χ3n) is 4.18. The molecule has 1 aromatic rings. The molecular formula is C17H27N3O2. The minimum absolute atomic E-state index is 0.0366. The van der Waals surface area contributed by atoms with Gasteiger partial charge in [0.25, 0.3) is 0 Å². The largest absolute Gasteiger partial charge is 0.351 e. The molecular weight excluding hydrogens is 278 g/mol. The maximum Gasteiger partial charge on any atom is 0.224 e. The van der Waals surface area contributed by atoms with Crippen LogP contribution in [0.15, 0.2) is 12.5 Å². The molecule has 2 rings (SSSR count). The molecule has 22 heavy (non-hydrogen) atoms. The summed E-state index contributed by atoms with van der Waals surface area (Å²) >= 11 is 0. The van der Waals surface area contributed by atoms with Gasteiger partial charge in [-0.3, -0.25) is 9.59 Å². The highest BCUT2D eigenvalue weighted by Crippen LogP contribution is 2.47. The van der Waals surface area contributed by atoms with Gasteiger partial charge in [0.15, 0.2) is 5.78 Å². The number of aromatic amines is 1. The first-order chi connectivity index (χ1) is 10.0. The molecule has 5 heteroatoms. The molecule has 122 valence electrons. The lowest BCUT2D eigenvalue weighted by molar-refractivity contribution is -0.135. The topological polar surface area (TPSA) is 74.8 Å². The molecule has 0 bridgehead atoms. The van der Waals surface area contributed by atoms with E-state index in [0.29, 0.717) is 0 Å². The molecule has 0 radical (unpaired) electrons. The Hall–Kier alpha value is -1.65. The number of nitrogens with zero attached hydrogens (tertiary/aromatic N) is 1. The highest BCUT2D eigenvalue weighted by molar-refractivity contribution is 5.94. The lowest BCUT2D eigenvalue weighted by atomic mass is 9.75. The zero-order chi connectivity index (χ0) is 16.7. The van der Waals surface area contributed by atoms with Crippen LogP contribution in [0.1, 0.15) is 59.6 Å². The Kier molecular flexibility index (Phi) is 4.20. The number of hydrogen-bond donors (Lipinski definition) is 2. The first-order valence-electron chi connectivity index (χ1n) is 7.85. The molecule has 1 fully saturated rings. The number of hydrogen-bond acceptors (Lipinski definition) is 3. The van der Waals surface area contributed by atoms with Gasteiger partial charge in [0.1, 0.15) is 0 Å². The second-order valence-electron chi connectivity index (χ2n) is 8.36. The number of ketones is 1. The molecule has 1 saturated carbocycles. The van der Waals surface area contributed by atoms with Crippen LogP contribution in [0.3, 0.4) is 0 Å². The fourth-order valence-electron chi connectivity index (χ4n) is 2.64. The van der Waals surface area contributed by atoms with Crippen LogP contribution in [0.4, 0.5) is 0 Å². The third kappa shape index (κ3) is 3.57. The average Bonchev–Trinajstić information content (AvgIpc) is 2.99. The molecule has 0 aliphatic heterocycles. The van der Waals surface area contributed by atoms with Crippen LogP contribution in [0.25, 0.3) is 0 Å². The summed E-state index contributed by atoms with van der Waals surface area (Å²) in [6.07, 6.45) is 4.26. The molecule has 2 N–H and O–H groups in total. The van der Waals surface area contributed by atoms with Crippen LogP contribution in [0.2, 0.25) is 0 Å². The van der Waals surface area contributed by atoms with Gasteiger partial charge in [-0.15, -0.1) is 0 Å². The van der Waals surface area contributed by atoms with Gasteiger partial charge in [0.05, 0.1) is 18.1 Å². The van der Waals surface area contributed by atoms with E-state index in [-0.39, 0.29) is 28.9 Å². The third-order valence-corrected chi connectivity index (χ3v) is 4.18. The fourth-order valence-corrected chi connectivity index (χ4v) is 2.64. The van der Waals surface area contributed by atoms with E-state index in [2.05, 4.69) is 15.3 Å². The number of carbonyl (C=O) groups is 2. The van der Waals surface area contributed by atoms with Crippen LogP contribution in [0.5, 0.6) is 0 Å². The Morgan fingerprint density at radius 1 is 1.27 bits per heavy atom. The number of Topliss-reactive ketones (excluding diaryl/α,β-unsaturated/α-hetero) is 1. The maximum absolute atomic E-state index is 12.7. The van der Waals surface area contributed by atoms with E-state index in [1.165, 1.54) is 0 Å². The molecule has 1 aromatic heterocycles. The number of amides is 1. The van der Waals surface area contributed by atoms with Gasteiger partial charge < -0.3 is 10.3 Å². The summed E-state index contributed by atoms with van der Waals surface area (Å²) in [7, 11) is 0. The normalized spacial score (nSPS) is 23.0. The monoisotopic (exact) mass is 305 g/mol. The predicted octanol–water partition coefficient (Wildman–Crippen LogP) is 2.66. The second-order valence-corrected chi connectivity index (χ2v) is 8.36. The molecule has 1 unspecified atom stereocenters. The average molecular weight is 305 g/mol. The number of aromatic nitrogens is 2. The van der Waals surface area contributed by atoms with Crippen molar-refractivity contribution in [3.63, 3.8) is 0 Å². The van der Waals surface area contributed by atoms with Gasteiger partial charge in [0, 0.05) is 23.4 Å². The van der Waals surface area contributed by atoms with Crippen molar-refractivity contribution in [3.8, 4) is 0 Å². The maximum atomic E-state index is 12.7. The minimum Gasteiger partial charge on any atom is -0.351 e. The molecule has 0 aromatic carbocycles. The Labute approximate surface area is 132 Å². The summed E-state index contributed by atoms with van der Waals surface area (Å²) in [6, 6.07) is -0.472. The van der Waals surface area contributed by atoms with E-state index in [1.54, 1.807) is 6.33 Å². The SMILES string of the molecule is CC(C)(C)C(=O)[C@@H](NC(=O)[C@@H]1CC1c1c[nH]cn1)C(C)(C)C. The van der Waals surface area contributed by atoms with E-state index in [9.17, 15) is 9.59 Å². The van der Waals surface area contributed by atoms with E-state index < -0.39 is 11.5 Å². The van der Waals surface area contributed by atoms with Crippen LogP contribution in [-0.2, 0) is 9.59 Å². The first-order valence-corrected chi connectivity index (χ1v) is 7.85. The van der Waals surface area contributed by atoms with E-state index in [0.717, 1.165) is 12.1 Å². The van der Waals surface area contributed by atoms with Crippen molar-refractivity contribution < 1.29 is 9.59 Å². The molecule has 3 atom stereocenters. The fraction of sp³-hybridized carbons (Fsp3) is 0.706. The smallest absolute Gasteiger partial charge is 0.224 e. The summed E-state index contributed by atoms with van der Waals surface area (Å²) in [5.74, 6) is 0.147. The minimum atomic E-state index is -0.476. The Morgan fingerprint density at radius 2 is 1.91 bits per heavy atom. The van der Waals surface area contributed by atoms with Gasteiger partial charge in [-0.25, -0.2) is 4.98 Å². The van der Waals surface area contributed by atoms with Crippen molar-refractivity contribution in [2.45, 2.75) is 59.9 Å². The molecule has 1 amide bonds. The number of carbonyl (C=O) groups excluding carboxylic acids is 2. The number of nitrogens with one attached hydrogen (secondary N) is 2. The summed E-state index contributed by atoms with van der Waals surface area (Å²) < 4.78 is 0. The van der Waals surface area contributed by atoms with Gasteiger partial charge in [-0.1, -0.05) is 41.5 Å². The van der Waals surface area contributed by atoms with Crippen molar-refractivity contribution in [2.75, 3.05) is 0 Å². The van der Waals surface area contributed by atoms with Crippen LogP contribution in [0, 0.1) is 16.7 Å². The Morgan fingerprint density at radius 3 is 2.36 bits per heavy atom. The zero-order valence-corrected chi connectivity index (χ0v) is 14.4. The predicted molar refractivity (Wildman–Crippen MR) is 85.3 cm³/mol. The van der Waals surface area contributed by atoms with Crippen LogP contribution >= 0.6 is 0 Å². The quantitative estimate of drug-likeness (QED) is 0.898. The number of H-pyrrole nitrogens is 1. The molecule has 0 saturated heterocycles. The van der Waals surface area contributed by atoms with E-state index >= 15 is 0 Å². The van der Waals surface area contributed by atoms with Gasteiger partial charge in [0.2, 0.25) is 5.91 Å². The zero-order valence-electron chi connectivity index (χ0n) is 14.4. The summed E-state index contributed by atoms with van der Waals surface area (Å²) in [6.45, 7) is 11.6. The van der Waals surface area contributed by atoms with E-state index in [4.69, 9.17) is 0 Å². The van der Waals surface area contributed by atoms with Crippen molar-refractivity contribution >= 4 is 11.7 Å². The molecule has 0 spiro atoms. The number of rotatable bonds is 4. The van der Waals surface area contributed by atoms with Crippen LogP contribution < -0.4 is 5.32 Å². The summed E-state index contributed by atoms with van der Waals surface area (Å²) in [5.41, 5.74) is 0.141. The highest BCUT2D eigenvalue weighted by Gasteiger charge is 2.47. The van der Waals surface area contributed by atoms with Crippen molar-refractivity contribution in [3.05, 3.63) is 18.2 Å².